The topological polar surface area (TPSA) is 103 Å². The summed E-state index contributed by atoms with van der Waals surface area (Å²) < 4.78 is 8.69. The Morgan fingerprint density at radius 3 is 2.81 bits per heavy atom. The van der Waals surface area contributed by atoms with Gasteiger partial charge in [0.25, 0.3) is 0 Å². The van der Waals surface area contributed by atoms with E-state index < -0.39 is 0 Å². The molecule has 0 saturated carbocycles. The molecular weight excluding hydrogens is 336 g/mol. The molecule has 1 aromatic carbocycles. The van der Waals surface area contributed by atoms with E-state index in [0.29, 0.717) is 31.2 Å². The van der Waals surface area contributed by atoms with Crippen LogP contribution in [0.4, 0.5) is 10.5 Å². The molecule has 0 aliphatic carbocycles. The molecule has 2 aromatic heterocycles. The molecule has 0 atom stereocenters. The number of amides is 2. The highest BCUT2D eigenvalue weighted by molar-refractivity contribution is 5.89. The molecule has 0 spiro atoms. The number of anilines is 1. The van der Waals surface area contributed by atoms with Gasteiger partial charge in [0.2, 0.25) is 0 Å². The van der Waals surface area contributed by atoms with E-state index in [1.54, 1.807) is 42.6 Å². The van der Waals surface area contributed by atoms with Crippen LogP contribution < -0.4 is 5.32 Å². The number of ether oxygens (including phenoxy) is 1. The molecule has 0 unspecified atom stereocenters. The van der Waals surface area contributed by atoms with Crippen molar-refractivity contribution in [3.8, 4) is 5.69 Å². The summed E-state index contributed by atoms with van der Waals surface area (Å²) in [6, 6.07) is 7.18. The number of rotatable bonds is 7. The van der Waals surface area contributed by atoms with E-state index in [9.17, 15) is 4.79 Å². The first kappa shape index (κ1) is 17.5. The van der Waals surface area contributed by atoms with Gasteiger partial charge in [-0.05, 0) is 18.2 Å². The van der Waals surface area contributed by atoms with E-state index in [4.69, 9.17) is 4.74 Å². The van der Waals surface area contributed by atoms with Crippen LogP contribution in [-0.4, -0.2) is 61.2 Å². The van der Waals surface area contributed by atoms with Crippen LogP contribution in [0.1, 0.15) is 5.82 Å². The summed E-state index contributed by atoms with van der Waals surface area (Å²) in [6.07, 6.45) is 4.82. The van der Waals surface area contributed by atoms with E-state index in [-0.39, 0.29) is 6.03 Å². The number of hydrogen-bond acceptors (Lipinski definition) is 6. The van der Waals surface area contributed by atoms with E-state index >= 15 is 0 Å². The van der Waals surface area contributed by atoms with E-state index in [0.717, 1.165) is 5.69 Å². The average Bonchev–Trinajstić information content (AvgIpc) is 3.32. The second kappa shape index (κ2) is 8.21. The fraction of sp³-hybridized carbons (Fsp3) is 0.312. The molecule has 1 N–H and O–H groups in total. The second-order valence-electron chi connectivity index (χ2n) is 5.64. The van der Waals surface area contributed by atoms with Crippen LogP contribution in [0.5, 0.6) is 0 Å². The van der Waals surface area contributed by atoms with Crippen molar-refractivity contribution in [3.05, 3.63) is 49.1 Å². The summed E-state index contributed by atoms with van der Waals surface area (Å²) >= 11 is 0. The minimum atomic E-state index is -0.243. The predicted octanol–water partition coefficient (Wildman–Crippen LogP) is 1.17. The minimum Gasteiger partial charge on any atom is -0.383 e. The zero-order valence-electron chi connectivity index (χ0n) is 14.6. The summed E-state index contributed by atoms with van der Waals surface area (Å²) in [6.45, 7) is 1.52. The zero-order chi connectivity index (χ0) is 18.4. The summed E-state index contributed by atoms with van der Waals surface area (Å²) in [7, 11) is 3.34. The van der Waals surface area contributed by atoms with Crippen molar-refractivity contribution < 1.29 is 9.53 Å². The van der Waals surface area contributed by atoms with Crippen molar-refractivity contribution in [1.29, 1.82) is 0 Å². The first-order valence-electron chi connectivity index (χ1n) is 8.00. The first-order chi connectivity index (χ1) is 12.7. The number of methoxy groups -OCH3 is 1. The minimum absolute atomic E-state index is 0.243. The van der Waals surface area contributed by atoms with E-state index in [1.165, 1.54) is 0 Å². The number of benzene rings is 1. The SMILES string of the molecule is COCCn1cnnc1CN(C)C(=O)Nc1cccc(-n2cnnc2)c1. The summed E-state index contributed by atoms with van der Waals surface area (Å²) in [5, 5.41) is 18.4. The van der Waals surface area contributed by atoms with Gasteiger partial charge in [-0.3, -0.25) is 4.57 Å². The Hall–Kier alpha value is -3.27. The third-order valence-electron chi connectivity index (χ3n) is 3.77. The lowest BCUT2D eigenvalue weighted by Gasteiger charge is -2.18. The third-order valence-corrected chi connectivity index (χ3v) is 3.77. The predicted molar refractivity (Wildman–Crippen MR) is 93.7 cm³/mol. The van der Waals surface area contributed by atoms with Gasteiger partial charge in [-0.25, -0.2) is 4.79 Å². The molecular formula is C16H20N8O2. The Balaban J connectivity index is 1.63. The quantitative estimate of drug-likeness (QED) is 0.682. The molecule has 26 heavy (non-hydrogen) atoms. The molecule has 0 saturated heterocycles. The maximum Gasteiger partial charge on any atom is 0.321 e. The number of nitrogens with one attached hydrogen (secondary N) is 1. The molecule has 3 rings (SSSR count). The Bertz CT molecular complexity index is 846. The molecule has 0 aliphatic rings. The Morgan fingerprint density at radius 2 is 2.04 bits per heavy atom. The second-order valence-corrected chi connectivity index (χ2v) is 5.64. The fourth-order valence-electron chi connectivity index (χ4n) is 2.36. The molecule has 2 amide bonds. The molecule has 2 heterocycles. The molecule has 0 bridgehead atoms. The number of carbonyl (C=O) groups is 1. The van der Waals surface area contributed by atoms with Gasteiger partial charge in [0, 0.05) is 26.4 Å². The Morgan fingerprint density at radius 1 is 1.23 bits per heavy atom. The van der Waals surface area contributed by atoms with Crippen LogP contribution in [0.3, 0.4) is 0 Å². The maximum absolute atomic E-state index is 12.5. The maximum atomic E-state index is 12.5. The first-order valence-corrected chi connectivity index (χ1v) is 8.00. The number of urea groups is 1. The molecule has 136 valence electrons. The molecule has 0 aliphatic heterocycles. The highest BCUT2D eigenvalue weighted by Gasteiger charge is 2.13. The third kappa shape index (κ3) is 4.22. The smallest absolute Gasteiger partial charge is 0.321 e. The van der Waals surface area contributed by atoms with Crippen molar-refractivity contribution >= 4 is 11.7 Å². The number of nitrogens with zero attached hydrogens (tertiary/aromatic N) is 7. The lowest BCUT2D eigenvalue weighted by Crippen LogP contribution is -2.32. The van der Waals surface area contributed by atoms with Gasteiger partial charge in [0.15, 0.2) is 5.82 Å². The summed E-state index contributed by atoms with van der Waals surface area (Å²) in [5.41, 5.74) is 1.53. The zero-order valence-corrected chi connectivity index (χ0v) is 14.6. The van der Waals surface area contributed by atoms with Crippen LogP contribution >= 0.6 is 0 Å². The molecule has 10 nitrogen and oxygen atoms in total. The van der Waals surface area contributed by atoms with Crippen LogP contribution in [0.25, 0.3) is 5.69 Å². The van der Waals surface area contributed by atoms with Crippen LogP contribution in [0.15, 0.2) is 43.2 Å². The number of aromatic nitrogens is 6. The lowest BCUT2D eigenvalue weighted by molar-refractivity contribution is 0.184. The lowest BCUT2D eigenvalue weighted by atomic mass is 10.3. The molecule has 0 fully saturated rings. The van der Waals surface area contributed by atoms with Gasteiger partial charge >= 0.3 is 6.03 Å². The summed E-state index contributed by atoms with van der Waals surface area (Å²) in [4.78, 5) is 14.0. The van der Waals surface area contributed by atoms with Crippen molar-refractivity contribution in [3.63, 3.8) is 0 Å². The van der Waals surface area contributed by atoms with E-state index in [1.807, 2.05) is 28.8 Å². The normalized spacial score (nSPS) is 10.7. The largest absolute Gasteiger partial charge is 0.383 e. The fourth-order valence-corrected chi connectivity index (χ4v) is 2.36. The monoisotopic (exact) mass is 356 g/mol. The highest BCUT2D eigenvalue weighted by Crippen LogP contribution is 2.14. The molecule has 10 heteroatoms. The average molecular weight is 356 g/mol. The number of carbonyl (C=O) groups excluding carboxylic acids is 1. The van der Waals surface area contributed by atoms with Gasteiger partial charge in [0.05, 0.1) is 18.8 Å². The standard InChI is InChI=1S/C16H20N8O2/c1-22(9-15-21-19-12-23(15)6-7-26-2)16(25)20-13-4-3-5-14(8-13)24-10-17-18-11-24/h3-5,8,10-12H,6-7,9H2,1-2H3,(H,20,25). The van der Waals surface area contributed by atoms with Crippen molar-refractivity contribution in [2.24, 2.45) is 0 Å². The molecule has 0 radical (unpaired) electrons. The van der Waals surface area contributed by atoms with Gasteiger partial charge in [-0.2, -0.15) is 0 Å². The van der Waals surface area contributed by atoms with Crippen LogP contribution in [0.2, 0.25) is 0 Å². The molecule has 3 aromatic rings. The van der Waals surface area contributed by atoms with Gasteiger partial charge in [-0.1, -0.05) is 6.07 Å². The van der Waals surface area contributed by atoms with Crippen LogP contribution in [0, 0.1) is 0 Å². The van der Waals surface area contributed by atoms with Crippen LogP contribution in [-0.2, 0) is 17.8 Å². The van der Waals surface area contributed by atoms with E-state index in [2.05, 4.69) is 25.7 Å². The van der Waals surface area contributed by atoms with Crippen molar-refractivity contribution in [1.82, 2.24) is 34.4 Å². The van der Waals surface area contributed by atoms with Crippen molar-refractivity contribution in [2.75, 3.05) is 26.1 Å². The Labute approximate surface area is 150 Å². The number of hydrogen-bond donors (Lipinski definition) is 1. The van der Waals surface area contributed by atoms with Gasteiger partial charge in [0.1, 0.15) is 19.0 Å². The Kier molecular flexibility index (Phi) is 5.54. The van der Waals surface area contributed by atoms with Crippen molar-refractivity contribution in [2.45, 2.75) is 13.1 Å². The summed E-state index contributed by atoms with van der Waals surface area (Å²) in [5.74, 6) is 0.693. The van der Waals surface area contributed by atoms with Gasteiger partial charge in [-0.15, -0.1) is 20.4 Å². The van der Waals surface area contributed by atoms with Gasteiger partial charge < -0.3 is 19.5 Å². The highest BCUT2D eigenvalue weighted by atomic mass is 16.5.